The number of nitrogens with zero attached hydrogens (tertiary/aromatic N) is 10. The number of halogens is 1. The zero-order valence-electron chi connectivity index (χ0n) is 32.5. The molecular weight excluding hydrogens is 816 g/mol. The van der Waals surface area contributed by atoms with E-state index in [9.17, 15) is 14.0 Å². The van der Waals surface area contributed by atoms with Gasteiger partial charge in [0.1, 0.15) is 51.7 Å². The van der Waals surface area contributed by atoms with Crippen molar-refractivity contribution >= 4 is 61.6 Å². The molecule has 4 aromatic carbocycles. The second-order valence-electron chi connectivity index (χ2n) is 13.6. The van der Waals surface area contributed by atoms with E-state index >= 15 is 0 Å². The fraction of sp³-hybridized carbons (Fsp3) is 0.140. The van der Waals surface area contributed by atoms with Gasteiger partial charge in [0.2, 0.25) is 0 Å². The zero-order chi connectivity index (χ0) is 41.7. The maximum atomic E-state index is 14.4. The van der Waals surface area contributed by atoms with E-state index in [-0.39, 0.29) is 21.6 Å². The molecule has 0 fully saturated rings. The number of methoxy groups -OCH3 is 1. The minimum Gasteiger partial charge on any atom is -0.496 e. The van der Waals surface area contributed by atoms with Gasteiger partial charge in [0.15, 0.2) is 11.1 Å². The number of rotatable bonds is 11. The Morgan fingerprint density at radius 3 is 2.18 bits per heavy atom. The summed E-state index contributed by atoms with van der Waals surface area (Å²) >= 11 is 1.43. The van der Waals surface area contributed by atoms with Gasteiger partial charge in [0.05, 0.1) is 59.3 Å². The molecule has 6 heterocycles. The molecule has 1 unspecified atom stereocenters. The maximum absolute atomic E-state index is 14.4. The topological polar surface area (TPSA) is 187 Å². The molecule has 5 aromatic heterocycles. The monoisotopic (exact) mass is 850 g/mol. The Labute approximate surface area is 352 Å². The number of hydrogen-bond acceptors (Lipinski definition) is 12. The van der Waals surface area contributed by atoms with Crippen molar-refractivity contribution in [3.05, 3.63) is 175 Å². The van der Waals surface area contributed by atoms with E-state index < -0.39 is 11.4 Å². The van der Waals surface area contributed by atoms with Crippen molar-refractivity contribution in [2.45, 2.75) is 30.3 Å². The molecule has 61 heavy (non-hydrogen) atoms. The number of aromatic nitrogens is 10. The lowest BCUT2D eigenvalue weighted by Crippen LogP contribution is -2.27. The molecule has 304 valence electrons. The van der Waals surface area contributed by atoms with Gasteiger partial charge in [-0.05, 0) is 35.4 Å². The number of ether oxygens (including phenoxy) is 1. The SMILES string of the molecule is COc1cccc2nc(CCS3=c4cn[nH]c4=NC=N3)n(Cc3ccccc3)c(=O)c12.O=c1c2c(F)cccc2nc(CSc2ncnc3[nH]ncc23)n1Cc1ccccc1. The molecule has 18 heteroatoms. The first-order valence-electron chi connectivity index (χ1n) is 19.0. The molecule has 0 saturated heterocycles. The van der Waals surface area contributed by atoms with Crippen LogP contribution in [-0.2, 0) is 25.3 Å². The first kappa shape index (κ1) is 39.3. The van der Waals surface area contributed by atoms with Crippen molar-refractivity contribution < 1.29 is 9.13 Å². The summed E-state index contributed by atoms with van der Waals surface area (Å²) in [7, 11) is 1.18. The van der Waals surface area contributed by atoms with Gasteiger partial charge in [0, 0.05) is 12.2 Å². The number of aromatic amines is 2. The van der Waals surface area contributed by atoms with Gasteiger partial charge < -0.3 is 4.74 Å². The van der Waals surface area contributed by atoms with Crippen LogP contribution in [-0.4, -0.2) is 68.7 Å². The van der Waals surface area contributed by atoms with Gasteiger partial charge in [-0.2, -0.15) is 10.2 Å². The van der Waals surface area contributed by atoms with E-state index in [4.69, 9.17) is 9.72 Å². The summed E-state index contributed by atoms with van der Waals surface area (Å²) in [6, 6.07) is 29.5. The van der Waals surface area contributed by atoms with E-state index in [2.05, 4.69) is 44.7 Å². The van der Waals surface area contributed by atoms with Gasteiger partial charge in [-0.1, -0.05) is 95.2 Å². The second kappa shape index (κ2) is 17.6. The average Bonchev–Trinajstić information content (AvgIpc) is 3.99. The summed E-state index contributed by atoms with van der Waals surface area (Å²) in [5.74, 6) is 2.34. The van der Waals surface area contributed by atoms with E-state index in [1.807, 2.05) is 72.8 Å². The molecule has 1 atom stereocenters. The van der Waals surface area contributed by atoms with Crippen LogP contribution in [0.15, 0.2) is 140 Å². The van der Waals surface area contributed by atoms with Crippen LogP contribution in [0.1, 0.15) is 22.8 Å². The molecule has 0 aliphatic carbocycles. The molecule has 15 nitrogen and oxygen atoms in total. The molecule has 0 bridgehead atoms. The summed E-state index contributed by atoms with van der Waals surface area (Å²) in [4.78, 5) is 48.9. The second-order valence-corrected chi connectivity index (χ2v) is 16.4. The number of benzene rings is 4. The van der Waals surface area contributed by atoms with Crippen molar-refractivity contribution in [3.63, 3.8) is 0 Å². The van der Waals surface area contributed by atoms with Crippen molar-refractivity contribution in [2.75, 3.05) is 12.9 Å². The Hall–Kier alpha value is -7.18. The number of fused-ring (bicyclic) bond motifs is 4. The third kappa shape index (κ3) is 8.22. The molecule has 2 N–H and O–H groups in total. The minimum absolute atomic E-state index is 0.00134. The Morgan fingerprint density at radius 2 is 1.43 bits per heavy atom. The molecule has 9 aromatic rings. The zero-order valence-corrected chi connectivity index (χ0v) is 34.1. The van der Waals surface area contributed by atoms with E-state index in [0.717, 1.165) is 43.1 Å². The fourth-order valence-corrected chi connectivity index (χ4v) is 9.33. The summed E-state index contributed by atoms with van der Waals surface area (Å²) < 4.78 is 28.6. The summed E-state index contributed by atoms with van der Waals surface area (Å²) in [6.45, 7) is 0.747. The summed E-state index contributed by atoms with van der Waals surface area (Å²) in [5.41, 5.74) is 3.84. The molecule has 10 rings (SSSR count). The predicted molar refractivity (Wildman–Crippen MR) is 234 cm³/mol. The Morgan fingerprint density at radius 1 is 0.754 bits per heavy atom. The Bertz CT molecular complexity index is 3340. The smallest absolute Gasteiger partial charge is 0.265 e. The number of H-pyrrole nitrogens is 2. The fourth-order valence-electron chi connectivity index (χ4n) is 6.95. The molecule has 0 spiro atoms. The van der Waals surface area contributed by atoms with Crippen LogP contribution in [0.2, 0.25) is 0 Å². The first-order chi connectivity index (χ1) is 29.9. The van der Waals surface area contributed by atoms with E-state index in [1.54, 1.807) is 48.6 Å². The van der Waals surface area contributed by atoms with Crippen LogP contribution in [0.5, 0.6) is 5.75 Å². The van der Waals surface area contributed by atoms with E-state index in [1.165, 1.54) is 28.7 Å². The minimum atomic E-state index is -0.568. The molecule has 1 aliphatic rings. The third-order valence-electron chi connectivity index (χ3n) is 9.89. The number of aryl methyl sites for hydroxylation is 1. The quantitative estimate of drug-likeness (QED) is 0.0881. The van der Waals surface area contributed by atoms with Gasteiger partial charge in [0.25, 0.3) is 11.1 Å². The molecule has 0 amide bonds. The molecule has 0 saturated carbocycles. The van der Waals surface area contributed by atoms with Crippen LogP contribution in [0.4, 0.5) is 4.39 Å². The lowest BCUT2D eigenvalue weighted by molar-refractivity contribution is 0.419. The molecular formula is C43H35FN12O3S2. The lowest BCUT2D eigenvalue weighted by atomic mass is 10.2. The van der Waals surface area contributed by atoms with Crippen molar-refractivity contribution in [3.8, 4) is 5.75 Å². The van der Waals surface area contributed by atoms with Crippen LogP contribution in [0.25, 0.3) is 32.8 Å². The highest BCUT2D eigenvalue weighted by Gasteiger charge is 2.18. The maximum Gasteiger partial charge on any atom is 0.265 e. The average molecular weight is 851 g/mol. The van der Waals surface area contributed by atoms with Crippen molar-refractivity contribution in [1.29, 1.82) is 0 Å². The number of thioether (sulfide) groups is 1. The number of nitrogens with one attached hydrogen (secondary N) is 2. The first-order valence-corrected chi connectivity index (χ1v) is 21.4. The van der Waals surface area contributed by atoms with Gasteiger partial charge in [-0.3, -0.25) is 28.9 Å². The van der Waals surface area contributed by atoms with Crippen molar-refractivity contribution in [2.24, 2.45) is 9.39 Å². The highest BCUT2D eigenvalue weighted by atomic mass is 32.2. The highest BCUT2D eigenvalue weighted by molar-refractivity contribution is 8.08. The van der Waals surface area contributed by atoms with E-state index in [0.29, 0.717) is 58.9 Å². The normalized spacial score (nSPS) is 13.2. The summed E-state index contributed by atoms with van der Waals surface area (Å²) in [5, 5.41) is 15.8. The largest absolute Gasteiger partial charge is 0.496 e. The van der Waals surface area contributed by atoms with Crippen molar-refractivity contribution in [1.82, 2.24) is 49.5 Å². The lowest BCUT2D eigenvalue weighted by Gasteiger charge is -2.15. The third-order valence-corrected chi connectivity index (χ3v) is 12.6. The van der Waals surface area contributed by atoms with Crippen LogP contribution < -0.4 is 21.3 Å². The van der Waals surface area contributed by atoms with Crippen LogP contribution in [0.3, 0.4) is 0 Å². The Balaban J connectivity index is 0.000000156. The standard InChI is InChI=1S/C22H20N6O2S.C21H15FN6OS/c1-30-17-9-5-8-16-20(17)22(29)28(13-15-6-3-2-4-7-15)19(26-16)10-11-31-18-12-24-27-21(18)23-14-25-31;22-15-7-4-8-16-18(15)21(29)28(10-13-5-2-1-3-6-13)17(26-16)11-30-20-14-9-25-27-19(14)23-12-24-20/h2-9,12,14H,10-11,13H2,1H3,(H,23,25,27);1-9,12H,10-11H2,(H,23,24,25,27). The highest BCUT2D eigenvalue weighted by Crippen LogP contribution is 2.27. The van der Waals surface area contributed by atoms with Gasteiger partial charge >= 0.3 is 0 Å². The molecule has 1 aliphatic heterocycles. The summed E-state index contributed by atoms with van der Waals surface area (Å²) in [6.07, 6.45) is 7.06. The van der Waals surface area contributed by atoms with Gasteiger partial charge in [-0.25, -0.2) is 33.7 Å². The predicted octanol–water partition coefficient (Wildman–Crippen LogP) is 6.06. The Kier molecular flexibility index (Phi) is 11.3. The molecule has 0 radical (unpaired) electrons. The van der Waals surface area contributed by atoms with Crippen LogP contribution in [0, 0.1) is 10.3 Å². The van der Waals surface area contributed by atoms with Crippen LogP contribution >= 0.6 is 22.4 Å². The number of hydrogen-bond donors (Lipinski definition) is 2. The van der Waals surface area contributed by atoms with Gasteiger partial charge in [-0.15, -0.1) is 0 Å².